The summed E-state index contributed by atoms with van der Waals surface area (Å²) < 4.78 is 4.62. The van der Waals surface area contributed by atoms with Gasteiger partial charge in [-0.3, -0.25) is 0 Å². The molecule has 0 aliphatic carbocycles. The van der Waals surface area contributed by atoms with Crippen molar-refractivity contribution in [2.75, 3.05) is 24.1 Å². The predicted octanol–water partition coefficient (Wildman–Crippen LogP) is 0.176. The Morgan fingerprint density at radius 3 is 2.86 bits per heavy atom. The van der Waals surface area contributed by atoms with Crippen LogP contribution in [-0.2, 0) is 0 Å². The van der Waals surface area contributed by atoms with E-state index in [1.807, 2.05) is 6.07 Å². The fourth-order valence-electron chi connectivity index (χ4n) is 1.24. The van der Waals surface area contributed by atoms with Crippen LogP contribution in [0.25, 0.3) is 11.0 Å². The fraction of sp³-hybridized carbons (Fsp3) is 0.250. The first-order valence-electron chi connectivity index (χ1n) is 4.27. The van der Waals surface area contributed by atoms with Gasteiger partial charge in [-0.2, -0.15) is 0 Å². The number of aromatic nitrogens is 2. The van der Waals surface area contributed by atoms with E-state index in [0.717, 1.165) is 5.69 Å². The lowest BCUT2D eigenvalue weighted by molar-refractivity contribution is 0.316. The Labute approximate surface area is 80.2 Å². The number of anilines is 2. The SMILES string of the molecule is NCCNc1ccc(N)c2nonc12. The number of nitrogens with zero attached hydrogens (tertiary/aromatic N) is 2. The van der Waals surface area contributed by atoms with Crippen molar-refractivity contribution >= 4 is 22.4 Å². The Bertz CT molecular complexity index is 438. The van der Waals surface area contributed by atoms with Gasteiger partial charge in [0.25, 0.3) is 0 Å². The number of hydrogen-bond acceptors (Lipinski definition) is 6. The molecule has 6 nitrogen and oxygen atoms in total. The van der Waals surface area contributed by atoms with Crippen LogP contribution in [0.15, 0.2) is 16.8 Å². The van der Waals surface area contributed by atoms with E-state index in [-0.39, 0.29) is 0 Å². The van der Waals surface area contributed by atoms with Crippen molar-refractivity contribution < 1.29 is 4.63 Å². The van der Waals surface area contributed by atoms with E-state index in [0.29, 0.717) is 29.8 Å². The maximum Gasteiger partial charge on any atom is 0.160 e. The minimum absolute atomic E-state index is 0.553. The smallest absolute Gasteiger partial charge is 0.160 e. The van der Waals surface area contributed by atoms with E-state index in [1.165, 1.54) is 0 Å². The molecule has 1 aromatic heterocycles. The molecular formula is C8H11N5O. The third kappa shape index (κ3) is 1.35. The summed E-state index contributed by atoms with van der Waals surface area (Å²) in [5, 5.41) is 10.6. The van der Waals surface area contributed by atoms with Crippen LogP contribution in [0.4, 0.5) is 11.4 Å². The molecule has 74 valence electrons. The quantitative estimate of drug-likeness (QED) is 0.600. The summed E-state index contributed by atoms with van der Waals surface area (Å²) in [5.41, 5.74) is 13.7. The summed E-state index contributed by atoms with van der Waals surface area (Å²) in [6.07, 6.45) is 0. The third-order valence-electron chi connectivity index (χ3n) is 1.91. The number of benzene rings is 1. The zero-order valence-corrected chi connectivity index (χ0v) is 7.53. The first-order valence-corrected chi connectivity index (χ1v) is 4.27. The minimum Gasteiger partial charge on any atom is -0.397 e. The molecule has 6 heteroatoms. The van der Waals surface area contributed by atoms with Crippen LogP contribution in [0.2, 0.25) is 0 Å². The average molecular weight is 193 g/mol. The second-order valence-electron chi connectivity index (χ2n) is 2.88. The number of nitrogen functional groups attached to an aromatic ring is 1. The molecule has 1 aromatic carbocycles. The molecule has 0 saturated heterocycles. The molecular weight excluding hydrogens is 182 g/mol. The van der Waals surface area contributed by atoms with Crippen LogP contribution >= 0.6 is 0 Å². The summed E-state index contributed by atoms with van der Waals surface area (Å²) in [7, 11) is 0. The second-order valence-corrected chi connectivity index (χ2v) is 2.88. The van der Waals surface area contributed by atoms with Gasteiger partial charge in [-0.05, 0) is 22.4 Å². The first kappa shape index (κ1) is 8.76. The molecule has 0 spiro atoms. The van der Waals surface area contributed by atoms with Crippen molar-refractivity contribution in [1.82, 2.24) is 10.3 Å². The van der Waals surface area contributed by atoms with E-state index in [4.69, 9.17) is 11.5 Å². The van der Waals surface area contributed by atoms with E-state index >= 15 is 0 Å². The molecule has 0 aliphatic rings. The Hall–Kier alpha value is -1.82. The highest BCUT2D eigenvalue weighted by molar-refractivity contribution is 5.94. The Morgan fingerprint density at radius 1 is 1.29 bits per heavy atom. The summed E-state index contributed by atoms with van der Waals surface area (Å²) in [6.45, 7) is 1.23. The molecule has 5 N–H and O–H groups in total. The first-order chi connectivity index (χ1) is 6.83. The Kier molecular flexibility index (Phi) is 2.19. The molecule has 0 radical (unpaired) electrons. The number of nitrogens with one attached hydrogen (secondary N) is 1. The highest BCUT2D eigenvalue weighted by Crippen LogP contribution is 2.24. The fourth-order valence-corrected chi connectivity index (χ4v) is 1.24. The lowest BCUT2D eigenvalue weighted by atomic mass is 10.2. The number of rotatable bonds is 3. The normalized spacial score (nSPS) is 10.6. The zero-order valence-electron chi connectivity index (χ0n) is 7.53. The Morgan fingerprint density at radius 2 is 2.07 bits per heavy atom. The van der Waals surface area contributed by atoms with Gasteiger partial charge in [-0.15, -0.1) is 0 Å². The molecule has 0 amide bonds. The molecule has 0 atom stereocenters. The monoisotopic (exact) mass is 193 g/mol. The Balaban J connectivity index is 2.45. The van der Waals surface area contributed by atoms with Crippen molar-refractivity contribution in [1.29, 1.82) is 0 Å². The minimum atomic E-state index is 0.553. The zero-order chi connectivity index (χ0) is 9.97. The number of nitrogens with two attached hydrogens (primary N) is 2. The lowest BCUT2D eigenvalue weighted by Gasteiger charge is -2.04. The average Bonchev–Trinajstić information content (AvgIpc) is 2.66. The predicted molar refractivity (Wildman–Crippen MR) is 53.8 cm³/mol. The molecule has 0 saturated carbocycles. The van der Waals surface area contributed by atoms with E-state index in [1.54, 1.807) is 6.07 Å². The van der Waals surface area contributed by atoms with Crippen molar-refractivity contribution in [3.05, 3.63) is 12.1 Å². The standard InChI is InChI=1S/C8H11N5O/c9-3-4-11-6-2-1-5(10)7-8(6)13-14-12-7/h1-2,11H,3-4,9-10H2. The summed E-state index contributed by atoms with van der Waals surface area (Å²) in [6, 6.07) is 3.59. The van der Waals surface area contributed by atoms with Gasteiger partial charge in [0.2, 0.25) is 0 Å². The van der Waals surface area contributed by atoms with Gasteiger partial charge in [0, 0.05) is 13.1 Å². The topological polar surface area (TPSA) is 103 Å². The summed E-state index contributed by atoms with van der Waals surface area (Å²) in [5.74, 6) is 0. The largest absolute Gasteiger partial charge is 0.397 e. The highest BCUT2D eigenvalue weighted by Gasteiger charge is 2.08. The lowest BCUT2D eigenvalue weighted by Crippen LogP contribution is -2.13. The van der Waals surface area contributed by atoms with Crippen molar-refractivity contribution in [2.45, 2.75) is 0 Å². The summed E-state index contributed by atoms with van der Waals surface area (Å²) >= 11 is 0. The van der Waals surface area contributed by atoms with Crippen LogP contribution in [0, 0.1) is 0 Å². The van der Waals surface area contributed by atoms with E-state index in [2.05, 4.69) is 20.3 Å². The molecule has 0 unspecified atom stereocenters. The number of fused-ring (bicyclic) bond motifs is 1. The molecule has 14 heavy (non-hydrogen) atoms. The third-order valence-corrected chi connectivity index (χ3v) is 1.91. The maximum atomic E-state index is 5.68. The van der Waals surface area contributed by atoms with Gasteiger partial charge in [-0.1, -0.05) is 0 Å². The van der Waals surface area contributed by atoms with E-state index in [9.17, 15) is 0 Å². The molecule has 2 aromatic rings. The molecule has 0 fully saturated rings. The van der Waals surface area contributed by atoms with Crippen LogP contribution in [0.5, 0.6) is 0 Å². The molecule has 0 bridgehead atoms. The van der Waals surface area contributed by atoms with Crippen LogP contribution in [0.1, 0.15) is 0 Å². The van der Waals surface area contributed by atoms with Crippen LogP contribution in [-0.4, -0.2) is 23.4 Å². The molecule has 0 aliphatic heterocycles. The van der Waals surface area contributed by atoms with E-state index < -0.39 is 0 Å². The van der Waals surface area contributed by atoms with Gasteiger partial charge in [0.1, 0.15) is 0 Å². The molecule has 1 heterocycles. The van der Waals surface area contributed by atoms with Crippen LogP contribution in [0.3, 0.4) is 0 Å². The van der Waals surface area contributed by atoms with Crippen molar-refractivity contribution in [3.8, 4) is 0 Å². The van der Waals surface area contributed by atoms with Gasteiger partial charge >= 0.3 is 0 Å². The van der Waals surface area contributed by atoms with Crippen molar-refractivity contribution in [2.24, 2.45) is 5.73 Å². The second kappa shape index (κ2) is 3.51. The van der Waals surface area contributed by atoms with Crippen molar-refractivity contribution in [3.63, 3.8) is 0 Å². The highest BCUT2D eigenvalue weighted by atomic mass is 16.6. The van der Waals surface area contributed by atoms with Gasteiger partial charge in [0.15, 0.2) is 11.0 Å². The van der Waals surface area contributed by atoms with Gasteiger partial charge in [0.05, 0.1) is 11.4 Å². The summed E-state index contributed by atoms with van der Waals surface area (Å²) in [4.78, 5) is 0. The number of hydrogen-bond donors (Lipinski definition) is 3. The van der Waals surface area contributed by atoms with Gasteiger partial charge in [-0.25, -0.2) is 4.63 Å². The maximum absolute atomic E-state index is 5.68. The van der Waals surface area contributed by atoms with Gasteiger partial charge < -0.3 is 16.8 Å². The van der Waals surface area contributed by atoms with Crippen LogP contribution < -0.4 is 16.8 Å². The molecule has 2 rings (SSSR count).